The van der Waals surface area contributed by atoms with Crippen LogP contribution in [0.4, 0.5) is 0 Å². The topological polar surface area (TPSA) is 25.4 Å². The molecule has 25 heavy (non-hydrogen) atoms. The standard InChI is InChI=1S/C21H23ClN2O/c1-15-13-17-19(23-18-8-3-2-7-16(18)21(17)22)14-20(15)25-12-6-11-24-9-4-5-10-24/h2-3,7-8,13-14H,4-6,9-12H2,1H3. The maximum atomic E-state index is 6.61. The lowest BCUT2D eigenvalue weighted by molar-refractivity contribution is 0.262. The van der Waals surface area contributed by atoms with E-state index in [4.69, 9.17) is 21.3 Å². The summed E-state index contributed by atoms with van der Waals surface area (Å²) in [7, 11) is 0. The second-order valence-corrected chi connectivity index (χ2v) is 7.21. The van der Waals surface area contributed by atoms with Crippen molar-refractivity contribution in [1.29, 1.82) is 0 Å². The second kappa shape index (κ2) is 7.19. The van der Waals surface area contributed by atoms with Crippen molar-refractivity contribution < 1.29 is 4.74 Å². The van der Waals surface area contributed by atoms with E-state index in [-0.39, 0.29) is 0 Å². The van der Waals surface area contributed by atoms with Gasteiger partial charge in [0.2, 0.25) is 0 Å². The average Bonchev–Trinajstić information content (AvgIpc) is 3.13. The summed E-state index contributed by atoms with van der Waals surface area (Å²) < 4.78 is 6.05. The number of aryl methyl sites for hydroxylation is 1. The van der Waals surface area contributed by atoms with E-state index >= 15 is 0 Å². The molecular formula is C21H23ClN2O. The summed E-state index contributed by atoms with van der Waals surface area (Å²) in [6, 6.07) is 12.1. The molecule has 3 aromatic rings. The summed E-state index contributed by atoms with van der Waals surface area (Å²) in [6.45, 7) is 6.42. The predicted octanol–water partition coefficient (Wildman–Crippen LogP) is 5.21. The quantitative estimate of drug-likeness (QED) is 0.464. The fourth-order valence-electron chi connectivity index (χ4n) is 3.61. The van der Waals surface area contributed by atoms with Gasteiger partial charge in [0.15, 0.2) is 0 Å². The third kappa shape index (κ3) is 3.44. The highest BCUT2D eigenvalue weighted by Gasteiger charge is 2.12. The zero-order valence-electron chi connectivity index (χ0n) is 14.6. The lowest BCUT2D eigenvalue weighted by atomic mass is 10.1. The maximum absolute atomic E-state index is 6.61. The molecule has 0 aliphatic carbocycles. The first kappa shape index (κ1) is 16.6. The number of para-hydroxylation sites is 1. The minimum atomic E-state index is 0.740. The van der Waals surface area contributed by atoms with Gasteiger partial charge in [0, 0.05) is 23.4 Å². The Bertz CT molecular complexity index is 903. The molecular weight excluding hydrogens is 332 g/mol. The summed E-state index contributed by atoms with van der Waals surface area (Å²) in [5.74, 6) is 0.910. The van der Waals surface area contributed by atoms with Gasteiger partial charge in [0.1, 0.15) is 5.75 Å². The number of pyridine rings is 1. The van der Waals surface area contributed by atoms with Crippen LogP contribution in [0.15, 0.2) is 36.4 Å². The van der Waals surface area contributed by atoms with E-state index in [1.807, 2.05) is 30.3 Å². The van der Waals surface area contributed by atoms with Crippen LogP contribution < -0.4 is 4.74 Å². The number of benzene rings is 2. The van der Waals surface area contributed by atoms with Crippen LogP contribution >= 0.6 is 11.6 Å². The molecule has 4 heteroatoms. The summed E-state index contributed by atoms with van der Waals surface area (Å²) in [6.07, 6.45) is 3.74. The highest BCUT2D eigenvalue weighted by Crippen LogP contribution is 2.34. The first-order valence-corrected chi connectivity index (χ1v) is 9.44. The van der Waals surface area contributed by atoms with Crippen molar-refractivity contribution in [3.63, 3.8) is 0 Å². The van der Waals surface area contributed by atoms with E-state index in [2.05, 4.69) is 17.9 Å². The van der Waals surface area contributed by atoms with Gasteiger partial charge in [-0.2, -0.15) is 0 Å². The molecule has 3 nitrogen and oxygen atoms in total. The van der Waals surface area contributed by atoms with Crippen molar-refractivity contribution in [1.82, 2.24) is 9.88 Å². The van der Waals surface area contributed by atoms with Crippen LogP contribution in [-0.4, -0.2) is 36.1 Å². The highest BCUT2D eigenvalue weighted by molar-refractivity contribution is 6.40. The number of likely N-dealkylation sites (tertiary alicyclic amines) is 1. The summed E-state index contributed by atoms with van der Waals surface area (Å²) in [4.78, 5) is 7.28. The molecule has 1 fully saturated rings. The molecule has 0 radical (unpaired) electrons. The maximum Gasteiger partial charge on any atom is 0.124 e. The zero-order valence-corrected chi connectivity index (χ0v) is 15.4. The smallest absolute Gasteiger partial charge is 0.124 e. The van der Waals surface area contributed by atoms with Gasteiger partial charge in [-0.15, -0.1) is 0 Å². The molecule has 0 spiro atoms. The van der Waals surface area contributed by atoms with E-state index in [9.17, 15) is 0 Å². The van der Waals surface area contributed by atoms with E-state index in [0.717, 1.165) is 57.7 Å². The van der Waals surface area contributed by atoms with Crippen LogP contribution in [0.1, 0.15) is 24.8 Å². The molecule has 130 valence electrons. The van der Waals surface area contributed by atoms with Crippen molar-refractivity contribution in [2.75, 3.05) is 26.2 Å². The third-order valence-electron chi connectivity index (χ3n) is 4.99. The third-order valence-corrected chi connectivity index (χ3v) is 5.39. The van der Waals surface area contributed by atoms with Crippen LogP contribution in [0, 0.1) is 6.92 Å². The molecule has 0 atom stereocenters. The van der Waals surface area contributed by atoms with Gasteiger partial charge in [-0.05, 0) is 57.0 Å². The molecule has 2 aromatic carbocycles. The lowest BCUT2D eigenvalue weighted by Gasteiger charge is -2.15. The Balaban J connectivity index is 1.55. The average molecular weight is 355 g/mol. The van der Waals surface area contributed by atoms with Gasteiger partial charge in [-0.1, -0.05) is 29.8 Å². The van der Waals surface area contributed by atoms with Gasteiger partial charge in [-0.3, -0.25) is 0 Å². The SMILES string of the molecule is Cc1cc2c(Cl)c3ccccc3nc2cc1OCCCN1CCCC1. The van der Waals surface area contributed by atoms with E-state index in [0.29, 0.717) is 0 Å². The molecule has 2 heterocycles. The fourth-order valence-corrected chi connectivity index (χ4v) is 3.92. The Hall–Kier alpha value is -1.84. The number of rotatable bonds is 5. The number of nitrogens with zero attached hydrogens (tertiary/aromatic N) is 2. The molecule has 0 N–H and O–H groups in total. The van der Waals surface area contributed by atoms with Gasteiger partial charge in [0.05, 0.1) is 22.7 Å². The highest BCUT2D eigenvalue weighted by atomic mass is 35.5. The normalized spacial score (nSPS) is 15.3. The Morgan fingerprint density at radius 3 is 2.72 bits per heavy atom. The lowest BCUT2D eigenvalue weighted by Crippen LogP contribution is -2.21. The van der Waals surface area contributed by atoms with Crippen molar-refractivity contribution >= 4 is 33.4 Å². The Kier molecular flexibility index (Phi) is 4.78. The Morgan fingerprint density at radius 2 is 1.88 bits per heavy atom. The van der Waals surface area contributed by atoms with E-state index < -0.39 is 0 Å². The van der Waals surface area contributed by atoms with Crippen LogP contribution in [0.3, 0.4) is 0 Å². The number of halogens is 1. The van der Waals surface area contributed by atoms with Gasteiger partial charge >= 0.3 is 0 Å². The van der Waals surface area contributed by atoms with E-state index in [1.165, 1.54) is 25.9 Å². The molecule has 1 saturated heterocycles. The van der Waals surface area contributed by atoms with Gasteiger partial charge in [-0.25, -0.2) is 4.98 Å². The summed E-state index contributed by atoms with van der Waals surface area (Å²) >= 11 is 6.61. The van der Waals surface area contributed by atoms with Crippen molar-refractivity contribution in [2.24, 2.45) is 0 Å². The minimum absolute atomic E-state index is 0.740. The molecule has 0 bridgehead atoms. The largest absolute Gasteiger partial charge is 0.493 e. The first-order valence-electron chi connectivity index (χ1n) is 9.06. The van der Waals surface area contributed by atoms with Crippen molar-refractivity contribution in [3.05, 3.63) is 47.0 Å². The van der Waals surface area contributed by atoms with Gasteiger partial charge < -0.3 is 9.64 Å². The molecule has 4 rings (SSSR count). The van der Waals surface area contributed by atoms with Crippen LogP contribution in [0.25, 0.3) is 21.8 Å². The molecule has 1 aliphatic rings. The van der Waals surface area contributed by atoms with Crippen molar-refractivity contribution in [2.45, 2.75) is 26.2 Å². The number of ether oxygens (including phenoxy) is 1. The molecule has 0 amide bonds. The molecule has 0 unspecified atom stereocenters. The summed E-state index contributed by atoms with van der Waals surface area (Å²) in [5, 5.41) is 2.75. The number of hydrogen-bond acceptors (Lipinski definition) is 3. The number of aromatic nitrogens is 1. The van der Waals surface area contributed by atoms with Crippen molar-refractivity contribution in [3.8, 4) is 5.75 Å². The van der Waals surface area contributed by atoms with Crippen LogP contribution in [0.2, 0.25) is 5.02 Å². The monoisotopic (exact) mass is 354 g/mol. The number of fused-ring (bicyclic) bond motifs is 2. The van der Waals surface area contributed by atoms with Crippen LogP contribution in [-0.2, 0) is 0 Å². The van der Waals surface area contributed by atoms with E-state index in [1.54, 1.807) is 0 Å². The number of hydrogen-bond donors (Lipinski definition) is 0. The first-order chi connectivity index (χ1) is 12.2. The Morgan fingerprint density at radius 1 is 1.08 bits per heavy atom. The molecule has 0 saturated carbocycles. The molecule has 1 aromatic heterocycles. The Labute approximate surface area is 153 Å². The predicted molar refractivity (Wildman–Crippen MR) is 105 cm³/mol. The fraction of sp³-hybridized carbons (Fsp3) is 0.381. The molecule has 1 aliphatic heterocycles. The zero-order chi connectivity index (χ0) is 17.2. The minimum Gasteiger partial charge on any atom is -0.493 e. The second-order valence-electron chi connectivity index (χ2n) is 6.83. The van der Waals surface area contributed by atoms with Gasteiger partial charge in [0.25, 0.3) is 0 Å². The summed E-state index contributed by atoms with van der Waals surface area (Å²) in [5.41, 5.74) is 2.92. The van der Waals surface area contributed by atoms with Crippen LogP contribution in [0.5, 0.6) is 5.75 Å².